The number of imide groups is 1. The lowest BCUT2D eigenvalue weighted by Crippen LogP contribution is -2.37. The van der Waals surface area contributed by atoms with E-state index >= 15 is 0 Å². The van der Waals surface area contributed by atoms with E-state index < -0.39 is 24.5 Å². The summed E-state index contributed by atoms with van der Waals surface area (Å²) in [5.74, 6) is -0.356. The number of carbonyl (C=O) groups excluding carboxylic acids is 3. The number of urea groups is 1. The average molecular weight is 432 g/mol. The molecular weight excluding hydrogens is 408 g/mol. The van der Waals surface area contributed by atoms with Crippen LogP contribution in [0.25, 0.3) is 0 Å². The monoisotopic (exact) mass is 432 g/mol. The van der Waals surface area contributed by atoms with E-state index in [1.165, 1.54) is 11.8 Å². The third kappa shape index (κ3) is 6.70. The number of esters is 1. The molecule has 3 amide bonds. The van der Waals surface area contributed by atoms with Crippen LogP contribution in [-0.2, 0) is 9.53 Å². The van der Waals surface area contributed by atoms with Gasteiger partial charge < -0.3 is 19.5 Å². The number of hydrogen-bond donors (Lipinski definition) is 2. The van der Waals surface area contributed by atoms with Crippen LogP contribution in [0.5, 0.6) is 11.5 Å². The van der Waals surface area contributed by atoms with Gasteiger partial charge in [0.1, 0.15) is 0 Å². The van der Waals surface area contributed by atoms with E-state index in [2.05, 4.69) is 10.6 Å². The van der Waals surface area contributed by atoms with Crippen molar-refractivity contribution in [3.63, 3.8) is 0 Å². The summed E-state index contributed by atoms with van der Waals surface area (Å²) in [6.07, 6.45) is 1.83. The Bertz CT molecular complexity index is 903. The molecule has 0 aromatic heterocycles. The molecule has 9 heteroatoms. The minimum absolute atomic E-state index is 0.361. The molecule has 2 aromatic carbocycles. The van der Waals surface area contributed by atoms with Crippen molar-refractivity contribution >= 4 is 35.4 Å². The molecule has 0 atom stereocenters. The number of nitrogens with one attached hydrogen (secondary N) is 2. The summed E-state index contributed by atoms with van der Waals surface area (Å²) in [6.45, 7) is 4.01. The Morgan fingerprint density at radius 1 is 0.967 bits per heavy atom. The molecule has 0 fully saturated rings. The summed E-state index contributed by atoms with van der Waals surface area (Å²) in [4.78, 5) is 36.9. The van der Waals surface area contributed by atoms with Gasteiger partial charge in [0.2, 0.25) is 0 Å². The molecule has 0 bridgehead atoms. The molecule has 0 unspecified atom stereocenters. The van der Waals surface area contributed by atoms with Crippen molar-refractivity contribution in [1.29, 1.82) is 0 Å². The summed E-state index contributed by atoms with van der Waals surface area (Å²) in [5.41, 5.74) is 0.776. The Hall–Kier alpha value is -3.20. The third-order valence-corrected chi connectivity index (χ3v) is 4.51. The van der Waals surface area contributed by atoms with Crippen LogP contribution < -0.4 is 20.1 Å². The second-order valence-electron chi connectivity index (χ2n) is 5.81. The highest BCUT2D eigenvalue weighted by atomic mass is 32.2. The van der Waals surface area contributed by atoms with Gasteiger partial charge >= 0.3 is 12.0 Å². The predicted molar refractivity (Wildman–Crippen MR) is 114 cm³/mol. The Kier molecular flexibility index (Phi) is 9.02. The molecule has 2 N–H and O–H groups in total. The summed E-state index contributed by atoms with van der Waals surface area (Å²) in [6, 6.07) is 11.0. The Labute approximate surface area is 179 Å². The van der Waals surface area contributed by atoms with Crippen molar-refractivity contribution in [1.82, 2.24) is 5.32 Å². The fourth-order valence-electron chi connectivity index (χ4n) is 2.48. The maximum atomic E-state index is 12.1. The van der Waals surface area contributed by atoms with Crippen molar-refractivity contribution in [2.75, 3.05) is 31.4 Å². The Morgan fingerprint density at radius 2 is 1.67 bits per heavy atom. The first kappa shape index (κ1) is 23.1. The average Bonchev–Trinajstić information content (AvgIpc) is 2.74. The van der Waals surface area contributed by atoms with Crippen LogP contribution in [0.3, 0.4) is 0 Å². The molecule has 2 aromatic rings. The molecule has 0 heterocycles. The first-order chi connectivity index (χ1) is 14.5. The molecule has 160 valence electrons. The van der Waals surface area contributed by atoms with Crippen molar-refractivity contribution in [2.45, 2.75) is 18.7 Å². The van der Waals surface area contributed by atoms with E-state index in [0.717, 1.165) is 4.90 Å². The second-order valence-corrected chi connectivity index (χ2v) is 6.65. The normalized spacial score (nSPS) is 10.1. The lowest BCUT2D eigenvalue weighted by molar-refractivity contribution is -0.123. The summed E-state index contributed by atoms with van der Waals surface area (Å²) < 4.78 is 16.0. The number of thioether (sulfide) groups is 1. The van der Waals surface area contributed by atoms with Crippen LogP contribution in [0.4, 0.5) is 10.5 Å². The topological polar surface area (TPSA) is 103 Å². The highest BCUT2D eigenvalue weighted by Gasteiger charge is 2.15. The van der Waals surface area contributed by atoms with Gasteiger partial charge in [0.05, 0.1) is 18.8 Å². The van der Waals surface area contributed by atoms with Gasteiger partial charge in [0.15, 0.2) is 18.1 Å². The van der Waals surface area contributed by atoms with Crippen LogP contribution in [-0.4, -0.2) is 44.0 Å². The SMILES string of the molecule is CCOc1ccc(NC(=O)NC(=O)COC(=O)c2ccccc2SC)cc1OCC. The number of ether oxygens (including phenoxy) is 3. The van der Waals surface area contributed by atoms with Gasteiger partial charge in [0.25, 0.3) is 5.91 Å². The number of hydrogen-bond acceptors (Lipinski definition) is 7. The number of benzene rings is 2. The minimum atomic E-state index is -0.757. The number of amides is 3. The summed E-state index contributed by atoms with van der Waals surface area (Å²) >= 11 is 1.39. The molecule has 0 saturated carbocycles. The van der Waals surface area contributed by atoms with Gasteiger partial charge in [-0.25, -0.2) is 9.59 Å². The molecule has 0 radical (unpaired) electrons. The van der Waals surface area contributed by atoms with E-state index in [4.69, 9.17) is 14.2 Å². The molecule has 8 nitrogen and oxygen atoms in total. The zero-order valence-corrected chi connectivity index (χ0v) is 17.8. The third-order valence-electron chi connectivity index (χ3n) is 3.72. The highest BCUT2D eigenvalue weighted by molar-refractivity contribution is 7.98. The lowest BCUT2D eigenvalue weighted by Gasteiger charge is -2.13. The van der Waals surface area contributed by atoms with Crippen molar-refractivity contribution in [3.05, 3.63) is 48.0 Å². The largest absolute Gasteiger partial charge is 0.490 e. The first-order valence-corrected chi connectivity index (χ1v) is 10.5. The molecule has 0 spiro atoms. The summed E-state index contributed by atoms with van der Waals surface area (Å²) in [7, 11) is 0. The van der Waals surface area contributed by atoms with E-state index in [9.17, 15) is 14.4 Å². The minimum Gasteiger partial charge on any atom is -0.490 e. The number of carbonyl (C=O) groups is 3. The maximum absolute atomic E-state index is 12.1. The maximum Gasteiger partial charge on any atom is 0.339 e. The molecule has 30 heavy (non-hydrogen) atoms. The summed E-state index contributed by atoms with van der Waals surface area (Å²) in [5, 5.41) is 4.64. The van der Waals surface area contributed by atoms with Crippen LogP contribution >= 0.6 is 11.8 Å². The number of rotatable bonds is 9. The van der Waals surface area contributed by atoms with Crippen molar-refractivity contribution in [3.8, 4) is 11.5 Å². The van der Waals surface area contributed by atoms with Gasteiger partial charge in [-0.1, -0.05) is 12.1 Å². The standard InChI is InChI=1S/C21H24N2O6S/c1-4-27-16-11-10-14(12-17(16)28-5-2)22-21(26)23-19(24)13-29-20(25)15-8-6-7-9-18(15)30-3/h6-12H,4-5,13H2,1-3H3,(H2,22,23,24,26). The van der Waals surface area contributed by atoms with Gasteiger partial charge in [0, 0.05) is 16.6 Å². The van der Waals surface area contributed by atoms with Gasteiger partial charge in [-0.3, -0.25) is 10.1 Å². The smallest absolute Gasteiger partial charge is 0.339 e. The van der Waals surface area contributed by atoms with E-state index in [0.29, 0.717) is 36.0 Å². The molecule has 0 aliphatic rings. The Balaban J connectivity index is 1.89. The van der Waals surface area contributed by atoms with Gasteiger partial charge in [-0.2, -0.15) is 0 Å². The van der Waals surface area contributed by atoms with Gasteiger partial charge in [-0.05, 0) is 44.4 Å². The molecule has 2 rings (SSSR count). The van der Waals surface area contributed by atoms with E-state index in [1.54, 1.807) is 42.5 Å². The number of anilines is 1. The van der Waals surface area contributed by atoms with E-state index in [-0.39, 0.29) is 0 Å². The van der Waals surface area contributed by atoms with Crippen LogP contribution in [0.2, 0.25) is 0 Å². The van der Waals surface area contributed by atoms with E-state index in [1.807, 2.05) is 20.1 Å². The molecule has 0 aliphatic carbocycles. The van der Waals surface area contributed by atoms with Crippen molar-refractivity contribution in [2.24, 2.45) is 0 Å². The zero-order valence-electron chi connectivity index (χ0n) is 17.0. The quantitative estimate of drug-likeness (QED) is 0.460. The highest BCUT2D eigenvalue weighted by Crippen LogP contribution is 2.30. The Morgan fingerprint density at radius 3 is 2.37 bits per heavy atom. The van der Waals surface area contributed by atoms with Crippen LogP contribution in [0.1, 0.15) is 24.2 Å². The fraction of sp³-hybridized carbons (Fsp3) is 0.286. The van der Waals surface area contributed by atoms with Crippen LogP contribution in [0, 0.1) is 0 Å². The second kappa shape index (κ2) is 11.7. The first-order valence-electron chi connectivity index (χ1n) is 9.29. The molecule has 0 aliphatic heterocycles. The van der Waals surface area contributed by atoms with Crippen LogP contribution in [0.15, 0.2) is 47.4 Å². The van der Waals surface area contributed by atoms with Crippen molar-refractivity contribution < 1.29 is 28.6 Å². The lowest BCUT2D eigenvalue weighted by atomic mass is 10.2. The predicted octanol–water partition coefficient (Wildman–Crippen LogP) is 3.71. The molecular formula is C21H24N2O6S. The zero-order chi connectivity index (χ0) is 21.9. The molecule has 0 saturated heterocycles. The van der Waals surface area contributed by atoms with Gasteiger partial charge in [-0.15, -0.1) is 11.8 Å². The fourth-order valence-corrected chi connectivity index (χ4v) is 3.06.